The molecule has 2 aromatic carbocycles. The predicted octanol–water partition coefficient (Wildman–Crippen LogP) is 7.17. The highest BCUT2D eigenvalue weighted by Crippen LogP contribution is 2.37. The number of rotatable bonds is 14. The highest BCUT2D eigenvalue weighted by molar-refractivity contribution is 14.1. The molecule has 258 valence electrons. The first-order valence-corrected chi connectivity index (χ1v) is 19.5. The van der Waals surface area contributed by atoms with Gasteiger partial charge in [0.2, 0.25) is 5.95 Å². The van der Waals surface area contributed by atoms with Crippen molar-refractivity contribution in [2.24, 2.45) is 0 Å². The number of anilines is 2. The van der Waals surface area contributed by atoms with Crippen LogP contribution in [-0.4, -0.2) is 64.0 Å². The second-order valence-corrected chi connectivity index (χ2v) is 18.4. The van der Waals surface area contributed by atoms with Gasteiger partial charge in [-0.25, -0.2) is 14.8 Å². The molecule has 5 rings (SSSR count). The van der Waals surface area contributed by atoms with Crippen molar-refractivity contribution in [1.29, 1.82) is 0 Å². The molecule has 5 aromatic rings. The second kappa shape index (κ2) is 15.8. The fourth-order valence-electron chi connectivity index (χ4n) is 6.27. The van der Waals surface area contributed by atoms with Gasteiger partial charge < -0.3 is 19.6 Å². The first-order valence-electron chi connectivity index (χ1n) is 16.1. The molecule has 0 saturated carbocycles. The number of amides is 1. The van der Waals surface area contributed by atoms with E-state index in [0.717, 1.165) is 18.4 Å². The van der Waals surface area contributed by atoms with Crippen molar-refractivity contribution >= 4 is 81.8 Å². The van der Waals surface area contributed by atoms with Crippen LogP contribution < -0.4 is 25.7 Å². The molecule has 0 fully saturated rings. The Kier molecular flexibility index (Phi) is 11.8. The Morgan fingerprint density at radius 1 is 1.06 bits per heavy atom. The summed E-state index contributed by atoms with van der Waals surface area (Å²) in [4.78, 5) is 25.0. The SMILES string of the molecule is CCC[C@@H](CCO[Si](c1ccccc1)(c1ccccc1)C(C)(C)C)Nc1nc(NC(=O)O)nc2c(I)nn(Cc3cnc(Cl)cc3OC)c12. The molecule has 0 bridgehead atoms. The minimum Gasteiger partial charge on any atom is -0.496 e. The molecular formula is C35H41ClIN7O4Si. The fourth-order valence-corrected chi connectivity index (χ4v) is 11.6. The van der Waals surface area contributed by atoms with Crippen molar-refractivity contribution < 1.29 is 19.1 Å². The van der Waals surface area contributed by atoms with E-state index in [0.29, 0.717) is 51.0 Å². The zero-order valence-corrected chi connectivity index (χ0v) is 32.1. The highest BCUT2D eigenvalue weighted by Gasteiger charge is 2.50. The number of methoxy groups -OCH3 is 1. The van der Waals surface area contributed by atoms with Gasteiger partial charge in [0, 0.05) is 30.5 Å². The molecule has 0 aliphatic heterocycles. The Morgan fingerprint density at radius 3 is 2.29 bits per heavy atom. The predicted molar refractivity (Wildman–Crippen MR) is 205 cm³/mol. The number of carbonyl (C=O) groups is 1. The van der Waals surface area contributed by atoms with Crippen LogP contribution in [0.25, 0.3) is 11.0 Å². The van der Waals surface area contributed by atoms with Crippen molar-refractivity contribution in [2.45, 2.75) is 64.6 Å². The largest absolute Gasteiger partial charge is 0.496 e. The molecule has 0 radical (unpaired) electrons. The third-order valence-electron chi connectivity index (χ3n) is 8.39. The van der Waals surface area contributed by atoms with Gasteiger partial charge in [-0.3, -0.25) is 10.00 Å². The lowest BCUT2D eigenvalue weighted by Gasteiger charge is -2.43. The molecule has 14 heteroatoms. The quantitative estimate of drug-likeness (QED) is 0.0606. The molecule has 0 unspecified atom stereocenters. The number of nitrogens with one attached hydrogen (secondary N) is 2. The number of nitrogens with zero attached hydrogens (tertiary/aromatic N) is 5. The van der Waals surface area contributed by atoms with E-state index in [1.807, 2.05) is 12.1 Å². The average Bonchev–Trinajstić information content (AvgIpc) is 3.38. The minimum atomic E-state index is -2.74. The summed E-state index contributed by atoms with van der Waals surface area (Å²) >= 11 is 8.23. The van der Waals surface area contributed by atoms with E-state index in [2.05, 4.69) is 124 Å². The van der Waals surface area contributed by atoms with Crippen LogP contribution in [0.1, 0.15) is 52.5 Å². The number of carboxylic acid groups (broad SMARTS) is 1. The van der Waals surface area contributed by atoms with E-state index < -0.39 is 14.4 Å². The summed E-state index contributed by atoms with van der Waals surface area (Å²) in [5, 5.41) is 22.8. The van der Waals surface area contributed by atoms with Gasteiger partial charge in [0.05, 0.1) is 13.7 Å². The summed E-state index contributed by atoms with van der Waals surface area (Å²) < 4.78 is 15.1. The number of fused-ring (bicyclic) bond motifs is 1. The van der Waals surface area contributed by atoms with Crippen LogP contribution in [0, 0.1) is 3.70 Å². The molecule has 1 atom stereocenters. The minimum absolute atomic E-state index is 0.0375. The Hall–Kier alpha value is -3.79. The highest BCUT2D eigenvalue weighted by atomic mass is 127. The normalized spacial score (nSPS) is 12.6. The second-order valence-electron chi connectivity index (χ2n) is 12.7. The lowest BCUT2D eigenvalue weighted by atomic mass is 10.1. The zero-order valence-electron chi connectivity index (χ0n) is 28.2. The van der Waals surface area contributed by atoms with Crippen molar-refractivity contribution in [3.63, 3.8) is 0 Å². The summed E-state index contributed by atoms with van der Waals surface area (Å²) in [5.41, 5.74) is 1.91. The Morgan fingerprint density at radius 2 is 1.71 bits per heavy atom. The van der Waals surface area contributed by atoms with Crippen LogP contribution in [0.2, 0.25) is 10.2 Å². The maximum Gasteiger partial charge on any atom is 0.411 e. The van der Waals surface area contributed by atoms with E-state index in [9.17, 15) is 9.90 Å². The number of hydrogen-bond donors (Lipinski definition) is 3. The van der Waals surface area contributed by atoms with E-state index in [1.54, 1.807) is 24.1 Å². The number of benzene rings is 2. The maximum absolute atomic E-state index is 11.6. The molecule has 49 heavy (non-hydrogen) atoms. The van der Waals surface area contributed by atoms with Gasteiger partial charge in [0.15, 0.2) is 5.82 Å². The molecule has 0 saturated heterocycles. The van der Waals surface area contributed by atoms with Gasteiger partial charge >= 0.3 is 6.09 Å². The molecule has 1 amide bonds. The van der Waals surface area contributed by atoms with Crippen molar-refractivity contribution in [3.8, 4) is 5.75 Å². The van der Waals surface area contributed by atoms with Gasteiger partial charge in [-0.1, -0.05) is 106 Å². The molecule has 0 aliphatic carbocycles. The van der Waals surface area contributed by atoms with E-state index >= 15 is 0 Å². The lowest BCUT2D eigenvalue weighted by molar-refractivity contribution is 0.209. The van der Waals surface area contributed by atoms with Crippen LogP contribution in [0.3, 0.4) is 0 Å². The number of pyridine rings is 1. The molecule has 3 heterocycles. The summed E-state index contributed by atoms with van der Waals surface area (Å²) in [6.45, 7) is 9.74. The van der Waals surface area contributed by atoms with Gasteiger partial charge in [-0.15, -0.1) is 0 Å². The summed E-state index contributed by atoms with van der Waals surface area (Å²) in [5.74, 6) is 1.00. The van der Waals surface area contributed by atoms with E-state index in [-0.39, 0.29) is 17.0 Å². The topological polar surface area (TPSA) is 136 Å². The number of hydrogen-bond acceptors (Lipinski definition) is 8. The van der Waals surface area contributed by atoms with Crippen LogP contribution in [0.5, 0.6) is 5.75 Å². The fraction of sp³-hybridized carbons (Fsp3) is 0.343. The number of halogens is 2. The molecule has 11 nitrogen and oxygen atoms in total. The standard InChI is InChI=1S/C35H41ClIN7O4Si/c1-6-13-24(18-19-48-49(35(2,3)4,25-14-9-7-10-15-25)26-16-11-8-12-17-26)39-32-30-29(40-33(41-32)42-34(45)46)31(37)43-44(30)22-23-21-38-28(36)20-27(23)47-5/h7-12,14-17,20-21,24H,6,13,18-19,22H2,1-5H3,(H,45,46)(H2,39,40,41,42)/t24-/m0/s1. The van der Waals surface area contributed by atoms with Crippen LogP contribution in [-0.2, 0) is 11.0 Å². The maximum atomic E-state index is 11.6. The monoisotopic (exact) mass is 813 g/mol. The van der Waals surface area contributed by atoms with E-state index in [1.165, 1.54) is 10.4 Å². The summed E-state index contributed by atoms with van der Waals surface area (Å²) in [6, 6.07) is 22.8. The third-order valence-corrected chi connectivity index (χ3v) is 14.4. The number of aromatic nitrogens is 5. The lowest BCUT2D eigenvalue weighted by Crippen LogP contribution is -2.66. The summed E-state index contributed by atoms with van der Waals surface area (Å²) in [6.07, 6.45) is 2.82. The first-order chi connectivity index (χ1) is 23.5. The van der Waals surface area contributed by atoms with Gasteiger partial charge in [0.25, 0.3) is 8.32 Å². The summed E-state index contributed by atoms with van der Waals surface area (Å²) in [7, 11) is -1.16. The molecule has 3 aromatic heterocycles. The van der Waals surface area contributed by atoms with Crippen molar-refractivity contribution in [1.82, 2.24) is 24.7 Å². The Balaban J connectivity index is 1.51. The van der Waals surface area contributed by atoms with Crippen LogP contribution in [0.15, 0.2) is 72.9 Å². The van der Waals surface area contributed by atoms with Crippen LogP contribution >= 0.6 is 34.2 Å². The molecular weight excluding hydrogens is 773 g/mol. The van der Waals surface area contributed by atoms with Crippen LogP contribution in [0.4, 0.5) is 16.6 Å². The van der Waals surface area contributed by atoms with Crippen molar-refractivity contribution in [3.05, 3.63) is 87.3 Å². The smallest absolute Gasteiger partial charge is 0.411 e. The van der Waals surface area contributed by atoms with Gasteiger partial charge in [-0.05, 0) is 50.8 Å². The Bertz CT molecular complexity index is 1850. The molecule has 0 spiro atoms. The van der Waals surface area contributed by atoms with Gasteiger partial charge in [-0.2, -0.15) is 10.1 Å². The first kappa shape index (κ1) is 36.5. The molecule has 0 aliphatic rings. The van der Waals surface area contributed by atoms with E-state index in [4.69, 9.17) is 25.9 Å². The van der Waals surface area contributed by atoms with Gasteiger partial charge in [0.1, 0.15) is 25.6 Å². The zero-order chi connectivity index (χ0) is 35.2. The Labute approximate surface area is 306 Å². The van der Waals surface area contributed by atoms with Crippen molar-refractivity contribution in [2.75, 3.05) is 24.4 Å². The number of ether oxygens (including phenoxy) is 1. The average molecular weight is 814 g/mol. The molecule has 3 N–H and O–H groups in total. The third kappa shape index (κ3) is 8.17.